The van der Waals surface area contributed by atoms with E-state index in [1.54, 1.807) is 6.07 Å². The van der Waals surface area contributed by atoms with E-state index in [0.29, 0.717) is 24.1 Å². The van der Waals surface area contributed by atoms with Gasteiger partial charge >= 0.3 is 0 Å². The molecule has 1 aromatic carbocycles. The van der Waals surface area contributed by atoms with Gasteiger partial charge in [0.2, 0.25) is 0 Å². The molecule has 0 amide bonds. The van der Waals surface area contributed by atoms with Crippen LogP contribution in [-0.2, 0) is 0 Å². The van der Waals surface area contributed by atoms with Crippen molar-refractivity contribution < 1.29 is 4.39 Å². The molecule has 2 atom stereocenters. The Morgan fingerprint density at radius 1 is 1.24 bits per heavy atom. The third-order valence-electron chi connectivity index (χ3n) is 3.59. The summed E-state index contributed by atoms with van der Waals surface area (Å²) in [5, 5.41) is 0. The van der Waals surface area contributed by atoms with Gasteiger partial charge in [0.15, 0.2) is 0 Å². The van der Waals surface area contributed by atoms with Gasteiger partial charge in [0.1, 0.15) is 5.82 Å². The second-order valence-corrected chi connectivity index (χ2v) is 4.92. The molecule has 0 heterocycles. The standard InChI is InChI=1S/C14H23FN2/c1-10(2)11(3)17(4)14(9-16)12-7-5-6-8-13(12)15/h5-8,10-11,14H,9,16H2,1-4H3. The summed E-state index contributed by atoms with van der Waals surface area (Å²) in [6, 6.07) is 7.17. The molecule has 0 aliphatic carbocycles. The van der Waals surface area contributed by atoms with E-state index in [-0.39, 0.29) is 11.9 Å². The van der Waals surface area contributed by atoms with E-state index >= 15 is 0 Å². The van der Waals surface area contributed by atoms with Crippen molar-refractivity contribution in [1.82, 2.24) is 4.90 Å². The number of rotatable bonds is 5. The smallest absolute Gasteiger partial charge is 0.128 e. The van der Waals surface area contributed by atoms with E-state index < -0.39 is 0 Å². The van der Waals surface area contributed by atoms with E-state index in [4.69, 9.17) is 5.73 Å². The van der Waals surface area contributed by atoms with E-state index in [2.05, 4.69) is 25.7 Å². The Labute approximate surface area is 104 Å². The van der Waals surface area contributed by atoms with Gasteiger partial charge < -0.3 is 5.73 Å². The third-order valence-corrected chi connectivity index (χ3v) is 3.59. The zero-order valence-electron chi connectivity index (χ0n) is 11.2. The molecule has 3 heteroatoms. The van der Waals surface area contributed by atoms with Crippen LogP contribution in [0, 0.1) is 11.7 Å². The van der Waals surface area contributed by atoms with Gasteiger partial charge in [-0.2, -0.15) is 0 Å². The highest BCUT2D eigenvalue weighted by molar-refractivity contribution is 5.21. The number of nitrogens with two attached hydrogens (primary N) is 1. The molecule has 2 N–H and O–H groups in total. The van der Waals surface area contributed by atoms with E-state index in [0.717, 1.165) is 0 Å². The highest BCUT2D eigenvalue weighted by atomic mass is 19.1. The highest BCUT2D eigenvalue weighted by Crippen LogP contribution is 2.25. The first-order valence-corrected chi connectivity index (χ1v) is 6.15. The zero-order chi connectivity index (χ0) is 13.0. The first kappa shape index (κ1) is 14.1. The molecule has 0 saturated heterocycles. The maximum absolute atomic E-state index is 13.8. The van der Waals surface area contributed by atoms with Crippen LogP contribution in [0.15, 0.2) is 24.3 Å². The van der Waals surface area contributed by atoms with Crippen molar-refractivity contribution >= 4 is 0 Å². The fourth-order valence-corrected chi connectivity index (χ4v) is 2.01. The molecular formula is C14H23FN2. The predicted octanol–water partition coefficient (Wildman–Crippen LogP) is 2.80. The normalized spacial score (nSPS) is 15.3. The highest BCUT2D eigenvalue weighted by Gasteiger charge is 2.24. The first-order chi connectivity index (χ1) is 7.99. The molecule has 1 rings (SSSR count). The van der Waals surface area contributed by atoms with Crippen LogP contribution < -0.4 is 5.73 Å². The summed E-state index contributed by atoms with van der Waals surface area (Å²) >= 11 is 0. The summed E-state index contributed by atoms with van der Waals surface area (Å²) in [7, 11) is 2.01. The first-order valence-electron chi connectivity index (χ1n) is 6.15. The molecule has 2 nitrogen and oxygen atoms in total. The lowest BCUT2D eigenvalue weighted by atomic mass is 9.99. The quantitative estimate of drug-likeness (QED) is 0.854. The van der Waals surface area contributed by atoms with Gasteiger partial charge in [0.25, 0.3) is 0 Å². The predicted molar refractivity (Wildman–Crippen MR) is 70.3 cm³/mol. The average molecular weight is 238 g/mol. The number of hydrogen-bond acceptors (Lipinski definition) is 2. The molecule has 1 aromatic rings. The lowest BCUT2D eigenvalue weighted by molar-refractivity contribution is 0.149. The van der Waals surface area contributed by atoms with Crippen molar-refractivity contribution in [1.29, 1.82) is 0 Å². The van der Waals surface area contributed by atoms with Crippen LogP contribution in [0.25, 0.3) is 0 Å². The van der Waals surface area contributed by atoms with Gasteiger partial charge in [-0.3, -0.25) is 4.90 Å². The van der Waals surface area contributed by atoms with Crippen LogP contribution in [0.1, 0.15) is 32.4 Å². The lowest BCUT2D eigenvalue weighted by Crippen LogP contribution is -2.40. The number of likely N-dealkylation sites (N-methyl/N-ethyl adjacent to an activating group) is 1. The minimum atomic E-state index is -0.175. The average Bonchev–Trinajstić information content (AvgIpc) is 2.31. The van der Waals surface area contributed by atoms with Crippen molar-refractivity contribution in [2.75, 3.05) is 13.6 Å². The summed E-state index contributed by atoms with van der Waals surface area (Å²) in [5.41, 5.74) is 6.49. The van der Waals surface area contributed by atoms with Gasteiger partial charge in [-0.25, -0.2) is 4.39 Å². The summed E-state index contributed by atoms with van der Waals surface area (Å²) in [6.45, 7) is 6.90. The minimum absolute atomic E-state index is 0.0615. The fourth-order valence-electron chi connectivity index (χ4n) is 2.01. The zero-order valence-corrected chi connectivity index (χ0v) is 11.2. The van der Waals surface area contributed by atoms with Crippen molar-refractivity contribution in [2.45, 2.75) is 32.9 Å². The monoisotopic (exact) mass is 238 g/mol. The van der Waals surface area contributed by atoms with Gasteiger partial charge in [-0.05, 0) is 26.0 Å². The molecular weight excluding hydrogens is 215 g/mol. The molecule has 0 aliphatic heterocycles. The summed E-state index contributed by atoms with van der Waals surface area (Å²) in [6.07, 6.45) is 0. The molecule has 0 aliphatic rings. The molecule has 0 bridgehead atoms. The second-order valence-electron chi connectivity index (χ2n) is 4.92. The number of hydrogen-bond donors (Lipinski definition) is 1. The van der Waals surface area contributed by atoms with E-state index in [9.17, 15) is 4.39 Å². The fraction of sp³-hybridized carbons (Fsp3) is 0.571. The van der Waals surface area contributed by atoms with Gasteiger partial charge in [-0.15, -0.1) is 0 Å². The Morgan fingerprint density at radius 2 is 1.82 bits per heavy atom. The molecule has 0 radical (unpaired) electrons. The maximum Gasteiger partial charge on any atom is 0.128 e. The van der Waals surface area contributed by atoms with Crippen LogP contribution in [0.4, 0.5) is 4.39 Å². The molecule has 17 heavy (non-hydrogen) atoms. The van der Waals surface area contributed by atoms with E-state index in [1.165, 1.54) is 6.07 Å². The van der Waals surface area contributed by atoms with Crippen LogP contribution in [0.3, 0.4) is 0 Å². The van der Waals surface area contributed by atoms with Crippen LogP contribution >= 0.6 is 0 Å². The molecule has 96 valence electrons. The van der Waals surface area contributed by atoms with Crippen molar-refractivity contribution in [3.8, 4) is 0 Å². The maximum atomic E-state index is 13.8. The van der Waals surface area contributed by atoms with Crippen LogP contribution in [0.2, 0.25) is 0 Å². The number of benzene rings is 1. The van der Waals surface area contributed by atoms with Gasteiger partial charge in [-0.1, -0.05) is 32.0 Å². The Balaban J connectivity index is 2.96. The molecule has 2 unspecified atom stereocenters. The summed E-state index contributed by atoms with van der Waals surface area (Å²) in [5.74, 6) is 0.339. The molecule has 0 saturated carbocycles. The Kier molecular flexibility index (Phi) is 5.09. The molecule has 0 spiro atoms. The Hall–Kier alpha value is -0.930. The number of halogens is 1. The van der Waals surface area contributed by atoms with Crippen LogP contribution in [0.5, 0.6) is 0 Å². The van der Waals surface area contributed by atoms with Crippen molar-refractivity contribution in [2.24, 2.45) is 11.7 Å². The van der Waals surface area contributed by atoms with E-state index in [1.807, 2.05) is 19.2 Å². The largest absolute Gasteiger partial charge is 0.329 e. The van der Waals surface area contributed by atoms with Crippen LogP contribution in [-0.4, -0.2) is 24.5 Å². The molecule has 0 fully saturated rings. The Bertz CT molecular complexity index is 352. The third kappa shape index (κ3) is 3.27. The Morgan fingerprint density at radius 3 is 2.29 bits per heavy atom. The lowest BCUT2D eigenvalue weighted by Gasteiger charge is -2.35. The second kappa shape index (κ2) is 6.12. The van der Waals surface area contributed by atoms with Gasteiger partial charge in [0, 0.05) is 24.2 Å². The summed E-state index contributed by atoms with van der Waals surface area (Å²) < 4.78 is 13.8. The van der Waals surface area contributed by atoms with Gasteiger partial charge in [0.05, 0.1) is 0 Å². The topological polar surface area (TPSA) is 29.3 Å². The van der Waals surface area contributed by atoms with Crippen molar-refractivity contribution in [3.05, 3.63) is 35.6 Å². The summed E-state index contributed by atoms with van der Waals surface area (Å²) in [4.78, 5) is 2.16. The number of nitrogens with zero attached hydrogens (tertiary/aromatic N) is 1. The van der Waals surface area contributed by atoms with Crippen molar-refractivity contribution in [3.63, 3.8) is 0 Å². The molecule has 0 aromatic heterocycles. The minimum Gasteiger partial charge on any atom is -0.329 e. The SMILES string of the molecule is CC(C)C(C)N(C)C(CN)c1ccccc1F.